The molecule has 0 aliphatic rings. The average molecular weight is 679 g/mol. The Kier molecular flexibility index (Phi) is 18.7. The highest BCUT2D eigenvalue weighted by atomic mass is 28.4. The number of hydrogen-bond donors (Lipinski definition) is 4. The van der Waals surface area contributed by atoms with E-state index in [1.165, 1.54) is 0 Å². The van der Waals surface area contributed by atoms with Gasteiger partial charge in [-0.1, -0.05) is 24.3 Å². The van der Waals surface area contributed by atoms with E-state index in [1.54, 1.807) is 0 Å². The molecule has 0 unspecified atom stereocenters. The molecule has 0 aliphatic heterocycles. The summed E-state index contributed by atoms with van der Waals surface area (Å²) in [4.78, 5) is 24.9. The first-order valence-corrected chi connectivity index (χ1v) is 20.3. The van der Waals surface area contributed by atoms with Crippen LogP contribution in [-0.4, -0.2) is 82.4 Å². The van der Waals surface area contributed by atoms with Gasteiger partial charge in [-0.3, -0.25) is 0 Å². The number of nitrogens with one attached hydrogen (secondary N) is 4. The molecule has 14 heteroatoms. The van der Waals surface area contributed by atoms with E-state index in [-0.39, 0.29) is 12.1 Å². The quantitative estimate of drug-likeness (QED) is 0.0775. The molecule has 46 heavy (non-hydrogen) atoms. The molecule has 0 atom stereocenters. The number of carbonyl (C=O) groups excluding carboxylic acids is 2. The Morgan fingerprint density at radius 1 is 0.500 bits per heavy atom. The fourth-order valence-electron chi connectivity index (χ4n) is 4.86. The van der Waals surface area contributed by atoms with Gasteiger partial charge in [-0.15, -0.1) is 0 Å². The second-order valence-corrected chi connectivity index (χ2v) is 15.6. The molecule has 4 amide bonds. The zero-order chi connectivity index (χ0) is 33.7. The average Bonchev–Trinajstić information content (AvgIpc) is 3.03. The molecular weight excluding hydrogens is 625 g/mol. The highest BCUT2D eigenvalue weighted by Gasteiger charge is 2.40. The van der Waals surface area contributed by atoms with E-state index in [9.17, 15) is 9.59 Å². The third kappa shape index (κ3) is 13.9. The van der Waals surface area contributed by atoms with E-state index in [2.05, 4.69) is 21.3 Å². The Morgan fingerprint density at radius 2 is 0.783 bits per heavy atom. The van der Waals surface area contributed by atoms with Crippen LogP contribution in [0.5, 0.6) is 0 Å². The van der Waals surface area contributed by atoms with Crippen LogP contribution in [0.3, 0.4) is 0 Å². The third-order valence-electron chi connectivity index (χ3n) is 6.69. The predicted octanol–water partition coefficient (Wildman–Crippen LogP) is 6.47. The van der Waals surface area contributed by atoms with Crippen LogP contribution in [0.4, 0.5) is 21.0 Å². The molecule has 2 aromatic rings. The first-order chi connectivity index (χ1) is 22.3. The SMILES string of the molecule is CCO[Si](CCCNC(=O)Nc1ccc(-c2ccc(NC(=O)NCCC[Si](OCC)(OCC)OCC)cc2)cc1)(OCC)OCC. The number of anilines is 2. The molecule has 0 aliphatic carbocycles. The normalized spacial score (nSPS) is 11.7. The van der Waals surface area contributed by atoms with Crippen LogP contribution in [-0.2, 0) is 26.6 Å². The van der Waals surface area contributed by atoms with Crippen molar-refractivity contribution in [3.05, 3.63) is 48.5 Å². The summed E-state index contributed by atoms with van der Waals surface area (Å²) in [6.07, 6.45) is 1.37. The molecule has 4 N–H and O–H groups in total. The van der Waals surface area contributed by atoms with Gasteiger partial charge in [-0.25, -0.2) is 9.59 Å². The van der Waals surface area contributed by atoms with Crippen molar-refractivity contribution < 1.29 is 36.1 Å². The second kappa shape index (κ2) is 21.9. The van der Waals surface area contributed by atoms with Gasteiger partial charge in [0.1, 0.15) is 0 Å². The van der Waals surface area contributed by atoms with Crippen molar-refractivity contribution in [1.82, 2.24) is 10.6 Å². The van der Waals surface area contributed by atoms with E-state index >= 15 is 0 Å². The van der Waals surface area contributed by atoms with E-state index in [1.807, 2.05) is 90.1 Å². The van der Waals surface area contributed by atoms with E-state index in [4.69, 9.17) is 26.6 Å². The van der Waals surface area contributed by atoms with Crippen molar-refractivity contribution in [2.24, 2.45) is 0 Å². The van der Waals surface area contributed by atoms with Gasteiger partial charge in [0.05, 0.1) is 0 Å². The summed E-state index contributed by atoms with van der Waals surface area (Å²) in [6, 6.07) is 15.9. The van der Waals surface area contributed by atoms with Crippen molar-refractivity contribution in [3.63, 3.8) is 0 Å². The first kappa shape index (κ1) is 39.4. The number of urea groups is 2. The van der Waals surface area contributed by atoms with Gasteiger partial charge in [0.2, 0.25) is 0 Å². The lowest BCUT2D eigenvalue weighted by Gasteiger charge is -2.28. The monoisotopic (exact) mass is 678 g/mol. The summed E-state index contributed by atoms with van der Waals surface area (Å²) < 4.78 is 35.2. The van der Waals surface area contributed by atoms with Gasteiger partial charge >= 0.3 is 29.7 Å². The van der Waals surface area contributed by atoms with Crippen LogP contribution in [0, 0.1) is 0 Å². The fourth-order valence-corrected chi connectivity index (χ4v) is 10.1. The molecule has 0 fully saturated rings. The molecule has 258 valence electrons. The van der Waals surface area contributed by atoms with Crippen LogP contribution in [0.1, 0.15) is 54.4 Å². The molecule has 0 aromatic heterocycles. The summed E-state index contributed by atoms with van der Waals surface area (Å²) in [7, 11) is -5.44. The summed E-state index contributed by atoms with van der Waals surface area (Å²) in [5, 5.41) is 11.5. The summed E-state index contributed by atoms with van der Waals surface area (Å²) in [5.74, 6) is 0. The van der Waals surface area contributed by atoms with Crippen LogP contribution in [0.25, 0.3) is 11.1 Å². The Labute approximate surface area is 276 Å². The van der Waals surface area contributed by atoms with Crippen molar-refractivity contribution in [3.8, 4) is 11.1 Å². The lowest BCUT2D eigenvalue weighted by Crippen LogP contribution is -2.46. The molecular formula is C32H54N4O8Si2. The van der Waals surface area contributed by atoms with Crippen LogP contribution in [0.2, 0.25) is 12.1 Å². The molecule has 2 rings (SSSR count). The van der Waals surface area contributed by atoms with Gasteiger partial charge in [-0.05, 0) is 89.8 Å². The Hall–Kier alpha value is -2.83. The molecule has 0 saturated heterocycles. The minimum absolute atomic E-state index is 0.280. The maximum absolute atomic E-state index is 12.4. The van der Waals surface area contributed by atoms with Crippen molar-refractivity contribution >= 4 is 41.0 Å². The maximum Gasteiger partial charge on any atom is 0.500 e. The van der Waals surface area contributed by atoms with Crippen molar-refractivity contribution in [2.75, 3.05) is 63.4 Å². The van der Waals surface area contributed by atoms with Crippen LogP contribution in [0.15, 0.2) is 48.5 Å². The molecule has 0 saturated carbocycles. The number of carbonyl (C=O) groups is 2. The highest BCUT2D eigenvalue weighted by molar-refractivity contribution is 6.61. The van der Waals surface area contributed by atoms with Gasteiger partial charge in [0, 0.05) is 76.2 Å². The van der Waals surface area contributed by atoms with Gasteiger partial charge in [0.15, 0.2) is 0 Å². The molecule has 0 spiro atoms. The fraction of sp³-hybridized carbons (Fsp3) is 0.562. The molecule has 0 radical (unpaired) electrons. The van der Waals surface area contributed by atoms with Gasteiger partial charge < -0.3 is 47.8 Å². The second-order valence-electron chi connectivity index (χ2n) is 10.1. The van der Waals surface area contributed by atoms with E-state index in [0.717, 1.165) is 11.1 Å². The third-order valence-corrected chi connectivity index (χ3v) is 13.0. The summed E-state index contributed by atoms with van der Waals surface area (Å²) >= 11 is 0. The van der Waals surface area contributed by atoms with Crippen LogP contribution >= 0.6 is 0 Å². The number of hydrogen-bond acceptors (Lipinski definition) is 8. The Morgan fingerprint density at radius 3 is 1.04 bits per heavy atom. The summed E-state index contributed by atoms with van der Waals surface area (Å²) in [5.41, 5.74) is 3.33. The molecule has 0 heterocycles. The zero-order valence-corrected chi connectivity index (χ0v) is 30.4. The minimum atomic E-state index is -2.72. The zero-order valence-electron chi connectivity index (χ0n) is 28.4. The standard InChI is InChI=1S/C32H54N4O8Si2/c1-7-39-45(40-8-2,41-9-3)25-13-23-33-31(37)35-29-19-15-27(16-20-29)28-17-21-30(22-18-28)36-32(38)34-24-14-26-46(42-10-4,43-11-5)44-12-6/h15-22H,7-14,23-26H2,1-6H3,(H2,33,35,37)(H2,34,36,38). The highest BCUT2D eigenvalue weighted by Crippen LogP contribution is 2.24. The first-order valence-electron chi connectivity index (χ1n) is 16.4. The molecule has 12 nitrogen and oxygen atoms in total. The van der Waals surface area contributed by atoms with Crippen molar-refractivity contribution in [1.29, 1.82) is 0 Å². The number of benzene rings is 2. The summed E-state index contributed by atoms with van der Waals surface area (Å²) in [6.45, 7) is 15.7. The number of amides is 4. The molecule has 2 aromatic carbocycles. The van der Waals surface area contributed by atoms with Gasteiger partial charge in [-0.2, -0.15) is 0 Å². The predicted molar refractivity (Wildman–Crippen MR) is 186 cm³/mol. The lowest BCUT2D eigenvalue weighted by molar-refractivity contribution is 0.0701. The maximum atomic E-state index is 12.4. The smallest absolute Gasteiger partial charge is 0.374 e. The molecule has 0 bridgehead atoms. The Balaban J connectivity index is 1.79. The topological polar surface area (TPSA) is 138 Å². The van der Waals surface area contributed by atoms with E-state index < -0.39 is 17.6 Å². The van der Waals surface area contributed by atoms with Crippen molar-refractivity contribution in [2.45, 2.75) is 66.5 Å². The minimum Gasteiger partial charge on any atom is -0.374 e. The van der Waals surface area contributed by atoms with Crippen LogP contribution < -0.4 is 21.3 Å². The number of rotatable bonds is 23. The largest absolute Gasteiger partial charge is 0.500 e. The lowest BCUT2D eigenvalue weighted by atomic mass is 10.1. The van der Waals surface area contributed by atoms with Gasteiger partial charge in [0.25, 0.3) is 0 Å². The van der Waals surface area contributed by atoms with E-state index in [0.29, 0.717) is 89.0 Å². The Bertz CT molecular complexity index is 1020.